The highest BCUT2D eigenvalue weighted by Gasteiger charge is 2.32. The van der Waals surface area contributed by atoms with Crippen molar-refractivity contribution < 1.29 is 23.0 Å². The van der Waals surface area contributed by atoms with Crippen LogP contribution in [0.4, 0.5) is 8.78 Å². The fraction of sp³-hybridized carbons (Fsp3) is 0.609. The first-order valence-corrected chi connectivity index (χ1v) is 10.4. The van der Waals surface area contributed by atoms with Gasteiger partial charge in [-0.25, -0.2) is 0 Å². The van der Waals surface area contributed by atoms with Crippen molar-refractivity contribution in [2.24, 2.45) is 11.8 Å². The number of esters is 1. The SMILES string of the molecule is C=CCC(=O)OC1CCC([C@H]2CC[C@H](c3ccc(OC(F)F)cc3)CC2)CC1. The number of hydrogen-bond donors (Lipinski definition) is 0. The van der Waals surface area contributed by atoms with Gasteiger partial charge in [0.15, 0.2) is 0 Å². The molecule has 2 aliphatic carbocycles. The first-order chi connectivity index (χ1) is 13.5. The zero-order chi connectivity index (χ0) is 19.9. The molecule has 0 unspecified atom stereocenters. The van der Waals surface area contributed by atoms with Gasteiger partial charge in [0.1, 0.15) is 11.9 Å². The maximum Gasteiger partial charge on any atom is 0.387 e. The Labute approximate surface area is 166 Å². The van der Waals surface area contributed by atoms with Crippen LogP contribution in [0.25, 0.3) is 0 Å². The number of alkyl halides is 2. The van der Waals surface area contributed by atoms with Gasteiger partial charge in [0.25, 0.3) is 0 Å². The van der Waals surface area contributed by atoms with Crippen molar-refractivity contribution in [3.8, 4) is 5.75 Å². The molecule has 3 nitrogen and oxygen atoms in total. The number of carbonyl (C=O) groups is 1. The van der Waals surface area contributed by atoms with Gasteiger partial charge < -0.3 is 9.47 Å². The van der Waals surface area contributed by atoms with Gasteiger partial charge >= 0.3 is 12.6 Å². The van der Waals surface area contributed by atoms with Crippen molar-refractivity contribution >= 4 is 5.97 Å². The van der Waals surface area contributed by atoms with Gasteiger partial charge in [0.2, 0.25) is 0 Å². The molecule has 2 saturated carbocycles. The zero-order valence-corrected chi connectivity index (χ0v) is 16.3. The van der Waals surface area contributed by atoms with Crippen molar-refractivity contribution in [3.63, 3.8) is 0 Å². The lowest BCUT2D eigenvalue weighted by Crippen LogP contribution is -2.29. The van der Waals surface area contributed by atoms with Crippen LogP contribution in [0.3, 0.4) is 0 Å². The van der Waals surface area contributed by atoms with Crippen molar-refractivity contribution in [2.45, 2.75) is 76.4 Å². The molecule has 0 heterocycles. The molecule has 3 rings (SSSR count). The normalized spacial score (nSPS) is 28.0. The number of carbonyl (C=O) groups excluding carboxylic acids is 1. The third kappa shape index (κ3) is 5.79. The number of rotatable bonds is 7. The third-order valence-electron chi connectivity index (χ3n) is 6.34. The lowest BCUT2D eigenvalue weighted by Gasteiger charge is -2.37. The van der Waals surface area contributed by atoms with Crippen LogP contribution in [0.1, 0.15) is 69.3 Å². The minimum atomic E-state index is -2.78. The van der Waals surface area contributed by atoms with Crippen LogP contribution in [0.2, 0.25) is 0 Å². The second-order valence-corrected chi connectivity index (χ2v) is 8.08. The second kappa shape index (κ2) is 10.0. The predicted octanol–water partition coefficient (Wildman–Crippen LogP) is 6.24. The van der Waals surface area contributed by atoms with E-state index in [1.807, 2.05) is 12.1 Å². The fourth-order valence-corrected chi connectivity index (χ4v) is 4.88. The van der Waals surface area contributed by atoms with Crippen molar-refractivity contribution in [2.75, 3.05) is 0 Å². The molecule has 0 radical (unpaired) electrons. The smallest absolute Gasteiger partial charge is 0.387 e. The molecule has 0 atom stereocenters. The zero-order valence-electron chi connectivity index (χ0n) is 16.3. The monoisotopic (exact) mass is 392 g/mol. The van der Waals surface area contributed by atoms with E-state index in [9.17, 15) is 13.6 Å². The maximum atomic E-state index is 12.3. The highest BCUT2D eigenvalue weighted by Crippen LogP contribution is 2.43. The Bertz CT molecular complexity index is 628. The van der Waals surface area contributed by atoms with Gasteiger partial charge in [-0.1, -0.05) is 18.2 Å². The molecule has 2 fully saturated rings. The molecule has 0 saturated heterocycles. The summed E-state index contributed by atoms with van der Waals surface area (Å²) in [6.45, 7) is 0.797. The van der Waals surface area contributed by atoms with E-state index in [0.29, 0.717) is 12.3 Å². The summed E-state index contributed by atoms with van der Waals surface area (Å²) in [6.07, 6.45) is 10.9. The second-order valence-electron chi connectivity index (χ2n) is 8.08. The molecule has 0 amide bonds. The van der Waals surface area contributed by atoms with Gasteiger partial charge in [-0.15, -0.1) is 6.58 Å². The van der Waals surface area contributed by atoms with E-state index >= 15 is 0 Å². The van der Waals surface area contributed by atoms with Crippen LogP contribution in [0.15, 0.2) is 36.9 Å². The summed E-state index contributed by atoms with van der Waals surface area (Å²) < 4.78 is 34.5. The van der Waals surface area contributed by atoms with E-state index in [-0.39, 0.29) is 17.8 Å². The molecule has 5 heteroatoms. The average Bonchev–Trinajstić information content (AvgIpc) is 2.69. The summed E-state index contributed by atoms with van der Waals surface area (Å²) in [6, 6.07) is 7.13. The van der Waals surface area contributed by atoms with Crippen LogP contribution < -0.4 is 4.74 Å². The Kier molecular flexibility index (Phi) is 7.46. The third-order valence-corrected chi connectivity index (χ3v) is 6.34. The van der Waals surface area contributed by atoms with Gasteiger partial charge in [0.05, 0.1) is 6.42 Å². The maximum absolute atomic E-state index is 12.3. The first-order valence-electron chi connectivity index (χ1n) is 10.4. The van der Waals surface area contributed by atoms with Crippen LogP contribution in [0.5, 0.6) is 5.75 Å². The average molecular weight is 392 g/mol. The van der Waals surface area contributed by atoms with Crippen LogP contribution in [-0.2, 0) is 9.53 Å². The molecule has 0 bridgehead atoms. The Morgan fingerprint density at radius 1 is 1.00 bits per heavy atom. The topological polar surface area (TPSA) is 35.5 Å². The van der Waals surface area contributed by atoms with E-state index in [4.69, 9.17) is 4.74 Å². The minimum absolute atomic E-state index is 0.0778. The number of halogens is 2. The van der Waals surface area contributed by atoms with E-state index in [2.05, 4.69) is 11.3 Å². The van der Waals surface area contributed by atoms with Crippen molar-refractivity contribution in [3.05, 3.63) is 42.5 Å². The molecule has 0 aliphatic heterocycles. The molecule has 2 aliphatic rings. The summed E-state index contributed by atoms with van der Waals surface area (Å²) in [5.74, 6) is 2.05. The van der Waals surface area contributed by atoms with Crippen LogP contribution in [0, 0.1) is 11.8 Å². The van der Waals surface area contributed by atoms with E-state index < -0.39 is 6.61 Å². The van der Waals surface area contributed by atoms with Gasteiger partial charge in [-0.05, 0) is 86.8 Å². The van der Waals surface area contributed by atoms with Crippen LogP contribution >= 0.6 is 0 Å². The number of hydrogen-bond acceptors (Lipinski definition) is 3. The Morgan fingerprint density at radius 2 is 1.57 bits per heavy atom. The van der Waals surface area contributed by atoms with Crippen molar-refractivity contribution in [1.29, 1.82) is 0 Å². The Morgan fingerprint density at radius 3 is 2.11 bits per heavy atom. The summed E-state index contributed by atoms with van der Waals surface area (Å²) in [5.41, 5.74) is 1.22. The first kappa shape index (κ1) is 20.8. The minimum Gasteiger partial charge on any atom is -0.462 e. The standard InChI is InChI=1S/C23H30F2O3/c1-2-3-22(26)27-20-12-8-18(9-13-20)16-4-6-17(7-5-16)19-10-14-21(15-11-19)28-23(24)25/h2,10-11,14-18,20,23H,1,3-9,12-13H2/t16-,17-,18?,20?. The number of benzene rings is 1. The Hall–Kier alpha value is -1.91. The van der Waals surface area contributed by atoms with Crippen LogP contribution in [-0.4, -0.2) is 18.7 Å². The molecule has 0 N–H and O–H groups in total. The molecule has 1 aromatic rings. The highest BCUT2D eigenvalue weighted by atomic mass is 19.3. The molecule has 1 aromatic carbocycles. The van der Waals surface area contributed by atoms with E-state index in [1.165, 1.54) is 18.4 Å². The summed E-state index contributed by atoms with van der Waals surface area (Å²) >= 11 is 0. The predicted molar refractivity (Wildman–Crippen MR) is 104 cm³/mol. The molecular formula is C23H30F2O3. The van der Waals surface area contributed by atoms with Gasteiger partial charge in [-0.2, -0.15) is 8.78 Å². The number of ether oxygens (including phenoxy) is 2. The lowest BCUT2D eigenvalue weighted by atomic mass is 9.69. The quantitative estimate of drug-likeness (QED) is 0.407. The fourth-order valence-electron chi connectivity index (χ4n) is 4.88. The summed E-state index contributed by atoms with van der Waals surface area (Å²) in [4.78, 5) is 11.6. The molecular weight excluding hydrogens is 362 g/mol. The Balaban J connectivity index is 1.42. The van der Waals surface area contributed by atoms with E-state index in [0.717, 1.165) is 50.4 Å². The summed E-state index contributed by atoms with van der Waals surface area (Å²) in [5, 5.41) is 0. The summed E-state index contributed by atoms with van der Waals surface area (Å²) in [7, 11) is 0. The van der Waals surface area contributed by atoms with E-state index in [1.54, 1.807) is 18.2 Å². The largest absolute Gasteiger partial charge is 0.462 e. The van der Waals surface area contributed by atoms with Gasteiger partial charge in [0, 0.05) is 0 Å². The molecule has 154 valence electrons. The molecule has 0 aromatic heterocycles. The lowest BCUT2D eigenvalue weighted by molar-refractivity contribution is -0.150. The molecule has 28 heavy (non-hydrogen) atoms. The van der Waals surface area contributed by atoms with Gasteiger partial charge in [-0.3, -0.25) is 4.79 Å². The van der Waals surface area contributed by atoms with Crippen molar-refractivity contribution in [1.82, 2.24) is 0 Å². The highest BCUT2D eigenvalue weighted by molar-refractivity contribution is 5.71. The molecule has 0 spiro atoms.